The number of carbonyl (C=O) groups excluding carboxylic acids is 1. The lowest BCUT2D eigenvalue weighted by Gasteiger charge is -1.98. The molecule has 0 bridgehead atoms. The minimum atomic E-state index is -0.727. The number of nitrogens with one attached hydrogen (secondary N) is 1. The molecule has 1 aliphatic heterocycles. The van der Waals surface area contributed by atoms with Crippen LogP contribution in [0.4, 0.5) is 0 Å². The van der Waals surface area contributed by atoms with Crippen molar-refractivity contribution >= 4 is 17.7 Å². The van der Waals surface area contributed by atoms with Gasteiger partial charge in [0.25, 0.3) is 5.91 Å². The third-order valence-corrected chi connectivity index (χ3v) is 2.35. The van der Waals surface area contributed by atoms with Crippen molar-refractivity contribution < 1.29 is 4.79 Å². The van der Waals surface area contributed by atoms with Crippen molar-refractivity contribution in [1.29, 1.82) is 5.26 Å². The minimum Gasteiger partial charge on any atom is -0.357 e. The second kappa shape index (κ2) is 1.92. The van der Waals surface area contributed by atoms with Crippen molar-refractivity contribution in [3.8, 4) is 6.07 Å². The average Bonchev–Trinajstić information content (AvgIpc) is 2.66. The zero-order valence-electron chi connectivity index (χ0n) is 4.97. The van der Waals surface area contributed by atoms with Crippen LogP contribution in [0.1, 0.15) is 0 Å². The van der Waals surface area contributed by atoms with Crippen molar-refractivity contribution in [3.63, 3.8) is 0 Å². The van der Waals surface area contributed by atoms with Crippen LogP contribution in [0, 0.1) is 11.3 Å². The summed E-state index contributed by atoms with van der Waals surface area (Å²) in [5.74, 6) is 0.471. The summed E-state index contributed by atoms with van der Waals surface area (Å²) >= 11 is 1.38. The van der Waals surface area contributed by atoms with Crippen molar-refractivity contribution in [1.82, 2.24) is 5.32 Å². The Morgan fingerprint density at radius 1 is 2.00 bits per heavy atom. The quantitative estimate of drug-likeness (QED) is 0.513. The molecular weight excluding hydrogens is 136 g/mol. The van der Waals surface area contributed by atoms with E-state index < -0.39 is 4.75 Å². The standard InChI is InChI=1S/C5H6N2OS/c1-7-4(8)5(2-6)3-9-5/h3H2,1H3,(H,7,8). The lowest BCUT2D eigenvalue weighted by Crippen LogP contribution is -2.32. The smallest absolute Gasteiger partial charge is 0.251 e. The molecule has 0 aliphatic carbocycles. The molecule has 1 saturated heterocycles. The van der Waals surface area contributed by atoms with E-state index in [4.69, 9.17) is 5.26 Å². The van der Waals surface area contributed by atoms with Gasteiger partial charge in [0.1, 0.15) is 0 Å². The van der Waals surface area contributed by atoms with Crippen molar-refractivity contribution in [2.45, 2.75) is 4.75 Å². The maximum Gasteiger partial charge on any atom is 0.251 e. The Bertz CT molecular complexity index is 180. The van der Waals surface area contributed by atoms with E-state index in [1.165, 1.54) is 11.8 Å². The topological polar surface area (TPSA) is 52.9 Å². The minimum absolute atomic E-state index is 0.171. The molecule has 4 heteroatoms. The highest BCUT2D eigenvalue weighted by Gasteiger charge is 2.51. The summed E-state index contributed by atoms with van der Waals surface area (Å²) in [5.41, 5.74) is 0. The van der Waals surface area contributed by atoms with Crippen LogP contribution < -0.4 is 5.32 Å². The third kappa shape index (κ3) is 0.879. The van der Waals surface area contributed by atoms with Crippen LogP contribution in [0.5, 0.6) is 0 Å². The molecular formula is C5H6N2OS. The van der Waals surface area contributed by atoms with Gasteiger partial charge < -0.3 is 5.32 Å². The maximum atomic E-state index is 10.8. The number of nitriles is 1. The molecule has 0 aromatic carbocycles. The number of carbonyl (C=O) groups is 1. The molecule has 1 unspecified atom stereocenters. The zero-order chi connectivity index (χ0) is 6.91. The second-order valence-electron chi connectivity index (χ2n) is 1.81. The van der Waals surface area contributed by atoms with E-state index in [9.17, 15) is 4.79 Å². The largest absolute Gasteiger partial charge is 0.357 e. The highest BCUT2D eigenvalue weighted by atomic mass is 32.2. The third-order valence-electron chi connectivity index (χ3n) is 1.21. The number of hydrogen-bond donors (Lipinski definition) is 1. The second-order valence-corrected chi connectivity index (χ2v) is 3.08. The van der Waals surface area contributed by atoms with Gasteiger partial charge in [-0.3, -0.25) is 4.79 Å². The molecule has 0 spiro atoms. The fraction of sp³-hybridized carbons (Fsp3) is 0.600. The summed E-state index contributed by atoms with van der Waals surface area (Å²) in [6, 6.07) is 1.95. The number of amides is 1. The van der Waals surface area contributed by atoms with Gasteiger partial charge in [-0.2, -0.15) is 5.26 Å². The lowest BCUT2D eigenvalue weighted by molar-refractivity contribution is -0.120. The van der Waals surface area contributed by atoms with E-state index in [0.29, 0.717) is 5.75 Å². The predicted molar refractivity (Wildman–Crippen MR) is 34.9 cm³/mol. The fourth-order valence-corrected chi connectivity index (χ4v) is 1.16. The molecule has 1 N–H and O–H groups in total. The van der Waals surface area contributed by atoms with Crippen molar-refractivity contribution in [2.24, 2.45) is 0 Å². The maximum absolute atomic E-state index is 10.8. The molecule has 1 rings (SSSR count). The average molecular weight is 142 g/mol. The Balaban J connectivity index is 2.63. The summed E-state index contributed by atoms with van der Waals surface area (Å²) < 4.78 is -0.727. The summed E-state index contributed by atoms with van der Waals surface area (Å²) in [4.78, 5) is 10.8. The van der Waals surface area contributed by atoms with Crippen LogP contribution in [0.3, 0.4) is 0 Å². The first-order valence-electron chi connectivity index (χ1n) is 2.52. The molecule has 48 valence electrons. The van der Waals surface area contributed by atoms with E-state index >= 15 is 0 Å². The predicted octanol–water partition coefficient (Wildman–Crippen LogP) is -0.258. The Morgan fingerprint density at radius 2 is 2.56 bits per heavy atom. The van der Waals surface area contributed by atoms with Crippen molar-refractivity contribution in [2.75, 3.05) is 12.8 Å². The van der Waals surface area contributed by atoms with Crippen LogP contribution in [-0.2, 0) is 4.79 Å². The Kier molecular flexibility index (Phi) is 1.37. The van der Waals surface area contributed by atoms with Crippen LogP contribution in [0.25, 0.3) is 0 Å². The number of rotatable bonds is 1. The highest BCUT2D eigenvalue weighted by molar-refractivity contribution is 8.09. The molecule has 1 fully saturated rings. The SMILES string of the molecule is CNC(=O)C1(C#N)CS1. The molecule has 3 nitrogen and oxygen atoms in total. The van der Waals surface area contributed by atoms with Gasteiger partial charge in [-0.1, -0.05) is 0 Å². The van der Waals surface area contributed by atoms with Gasteiger partial charge in [0.2, 0.25) is 0 Å². The number of thioether (sulfide) groups is 1. The Morgan fingerprint density at radius 3 is 2.67 bits per heavy atom. The first kappa shape index (κ1) is 6.43. The van der Waals surface area contributed by atoms with Crippen LogP contribution in [0.2, 0.25) is 0 Å². The van der Waals surface area contributed by atoms with Crippen molar-refractivity contribution in [3.05, 3.63) is 0 Å². The van der Waals surface area contributed by atoms with E-state index in [0.717, 1.165) is 0 Å². The first-order chi connectivity index (χ1) is 4.25. The molecule has 1 amide bonds. The molecule has 1 atom stereocenters. The molecule has 9 heavy (non-hydrogen) atoms. The normalized spacial score (nSPS) is 30.7. The number of nitrogens with zero attached hydrogens (tertiary/aromatic N) is 1. The summed E-state index contributed by atoms with van der Waals surface area (Å²) in [6.07, 6.45) is 0. The van der Waals surface area contributed by atoms with Gasteiger partial charge in [0.05, 0.1) is 6.07 Å². The molecule has 0 saturated carbocycles. The van der Waals surface area contributed by atoms with E-state index in [2.05, 4.69) is 5.32 Å². The molecule has 1 aliphatic rings. The zero-order valence-corrected chi connectivity index (χ0v) is 5.79. The summed E-state index contributed by atoms with van der Waals surface area (Å²) in [7, 11) is 1.54. The summed E-state index contributed by atoms with van der Waals surface area (Å²) in [5, 5.41) is 10.9. The highest BCUT2D eigenvalue weighted by Crippen LogP contribution is 2.43. The van der Waals surface area contributed by atoms with Gasteiger partial charge in [-0.15, -0.1) is 11.8 Å². The van der Waals surface area contributed by atoms with Crippen LogP contribution in [0.15, 0.2) is 0 Å². The Hall–Kier alpha value is -0.690. The van der Waals surface area contributed by atoms with E-state index in [1.807, 2.05) is 6.07 Å². The fourth-order valence-electron chi connectivity index (χ4n) is 0.521. The molecule has 1 heterocycles. The van der Waals surface area contributed by atoms with Crippen LogP contribution in [-0.4, -0.2) is 23.5 Å². The Labute approximate surface area is 57.4 Å². The molecule has 0 aromatic rings. The van der Waals surface area contributed by atoms with E-state index in [-0.39, 0.29) is 5.91 Å². The van der Waals surface area contributed by atoms with Gasteiger partial charge >= 0.3 is 0 Å². The van der Waals surface area contributed by atoms with Gasteiger partial charge in [-0.05, 0) is 0 Å². The first-order valence-corrected chi connectivity index (χ1v) is 3.51. The van der Waals surface area contributed by atoms with Gasteiger partial charge in [-0.25, -0.2) is 0 Å². The molecule has 0 radical (unpaired) electrons. The monoisotopic (exact) mass is 142 g/mol. The van der Waals surface area contributed by atoms with Gasteiger partial charge in [0.15, 0.2) is 4.75 Å². The molecule has 0 aromatic heterocycles. The van der Waals surface area contributed by atoms with Crippen LogP contribution >= 0.6 is 11.8 Å². The van der Waals surface area contributed by atoms with Gasteiger partial charge in [0, 0.05) is 12.8 Å². The number of hydrogen-bond acceptors (Lipinski definition) is 3. The lowest BCUT2D eigenvalue weighted by atomic mass is 10.2. The van der Waals surface area contributed by atoms with E-state index in [1.54, 1.807) is 7.05 Å². The summed E-state index contributed by atoms with van der Waals surface area (Å²) in [6.45, 7) is 0.